The van der Waals surface area contributed by atoms with Crippen molar-refractivity contribution < 1.29 is 14.7 Å². The highest BCUT2D eigenvalue weighted by Gasteiger charge is 2.33. The van der Waals surface area contributed by atoms with Gasteiger partial charge in [0.05, 0.1) is 5.92 Å². The van der Waals surface area contributed by atoms with Gasteiger partial charge in [-0.1, -0.05) is 0 Å². The molecule has 1 aromatic rings. The standard InChI is InChI=1S/C10H12N2O3S/c13-8(12-10-11-3-4-16-10)6-1-2-7(5-6)9(14)15/h3-4,6-7H,1-2,5H2,(H,14,15)(H,11,12,13)/t6-,7+/m1/s1. The minimum atomic E-state index is -0.801. The molecular formula is C10H12N2O3S. The van der Waals surface area contributed by atoms with E-state index in [4.69, 9.17) is 5.11 Å². The zero-order valence-corrected chi connectivity index (χ0v) is 9.37. The highest BCUT2D eigenvalue weighted by molar-refractivity contribution is 7.13. The number of nitrogens with zero attached hydrogens (tertiary/aromatic N) is 1. The van der Waals surface area contributed by atoms with Crippen LogP contribution in [-0.4, -0.2) is 22.0 Å². The van der Waals surface area contributed by atoms with Gasteiger partial charge in [-0.05, 0) is 19.3 Å². The normalized spacial score (nSPS) is 24.2. The Morgan fingerprint density at radius 3 is 2.75 bits per heavy atom. The minimum Gasteiger partial charge on any atom is -0.481 e. The molecule has 1 fully saturated rings. The molecule has 0 bridgehead atoms. The number of carbonyl (C=O) groups is 2. The van der Waals surface area contributed by atoms with Crippen molar-refractivity contribution in [1.82, 2.24) is 4.98 Å². The van der Waals surface area contributed by atoms with E-state index < -0.39 is 5.97 Å². The fraction of sp³-hybridized carbons (Fsp3) is 0.500. The largest absolute Gasteiger partial charge is 0.481 e. The Morgan fingerprint density at radius 1 is 1.44 bits per heavy atom. The smallest absolute Gasteiger partial charge is 0.306 e. The summed E-state index contributed by atoms with van der Waals surface area (Å²) in [5.41, 5.74) is 0. The van der Waals surface area contributed by atoms with Gasteiger partial charge >= 0.3 is 5.97 Å². The topological polar surface area (TPSA) is 79.3 Å². The lowest BCUT2D eigenvalue weighted by molar-refractivity contribution is -0.141. The van der Waals surface area contributed by atoms with Crippen LogP contribution >= 0.6 is 11.3 Å². The van der Waals surface area contributed by atoms with Gasteiger partial charge < -0.3 is 10.4 Å². The van der Waals surface area contributed by atoms with Crippen LogP contribution in [0.15, 0.2) is 11.6 Å². The second-order valence-electron chi connectivity index (χ2n) is 3.87. The molecule has 0 unspecified atom stereocenters. The first kappa shape index (κ1) is 11.1. The summed E-state index contributed by atoms with van der Waals surface area (Å²) in [5.74, 6) is -1.47. The van der Waals surface area contributed by atoms with Crippen LogP contribution in [0.2, 0.25) is 0 Å². The summed E-state index contributed by atoms with van der Waals surface area (Å²) in [6.07, 6.45) is 3.29. The first-order valence-corrected chi connectivity index (χ1v) is 5.98. The van der Waals surface area contributed by atoms with Gasteiger partial charge in [-0.25, -0.2) is 4.98 Å². The average Bonchev–Trinajstić information content (AvgIpc) is 2.86. The minimum absolute atomic E-state index is 0.112. The molecule has 1 saturated carbocycles. The second kappa shape index (κ2) is 4.61. The van der Waals surface area contributed by atoms with Crippen LogP contribution < -0.4 is 5.32 Å². The molecule has 2 rings (SSSR count). The van der Waals surface area contributed by atoms with E-state index in [9.17, 15) is 9.59 Å². The Labute approximate surface area is 96.5 Å². The van der Waals surface area contributed by atoms with E-state index in [-0.39, 0.29) is 17.7 Å². The monoisotopic (exact) mass is 240 g/mol. The van der Waals surface area contributed by atoms with Crippen LogP contribution in [0.5, 0.6) is 0 Å². The average molecular weight is 240 g/mol. The highest BCUT2D eigenvalue weighted by Crippen LogP contribution is 2.31. The molecule has 0 aromatic carbocycles. The van der Waals surface area contributed by atoms with Crippen LogP contribution in [0.3, 0.4) is 0 Å². The third-order valence-corrected chi connectivity index (χ3v) is 3.50. The fourth-order valence-corrected chi connectivity index (χ4v) is 2.47. The summed E-state index contributed by atoms with van der Waals surface area (Å²) in [7, 11) is 0. The van der Waals surface area contributed by atoms with Crippen molar-refractivity contribution in [2.45, 2.75) is 19.3 Å². The highest BCUT2D eigenvalue weighted by atomic mass is 32.1. The number of carboxylic acids is 1. The van der Waals surface area contributed by atoms with E-state index in [1.807, 2.05) is 0 Å². The van der Waals surface area contributed by atoms with E-state index in [2.05, 4.69) is 10.3 Å². The van der Waals surface area contributed by atoms with Gasteiger partial charge in [0.1, 0.15) is 0 Å². The Balaban J connectivity index is 1.90. The van der Waals surface area contributed by atoms with Crippen molar-refractivity contribution in [1.29, 1.82) is 0 Å². The molecule has 1 aliphatic carbocycles. The summed E-state index contributed by atoms with van der Waals surface area (Å²) < 4.78 is 0. The molecule has 0 aliphatic heterocycles. The first-order valence-electron chi connectivity index (χ1n) is 5.10. The molecule has 5 nitrogen and oxygen atoms in total. The van der Waals surface area contributed by atoms with Gasteiger partial charge in [0.2, 0.25) is 5.91 Å². The second-order valence-corrected chi connectivity index (χ2v) is 4.77. The number of hydrogen-bond donors (Lipinski definition) is 2. The molecule has 1 aromatic heterocycles. The molecule has 1 aliphatic rings. The van der Waals surface area contributed by atoms with Crippen molar-refractivity contribution >= 4 is 28.3 Å². The summed E-state index contributed by atoms with van der Waals surface area (Å²) in [6, 6.07) is 0. The van der Waals surface area contributed by atoms with Crippen LogP contribution in [0.25, 0.3) is 0 Å². The summed E-state index contributed by atoms with van der Waals surface area (Å²) in [5, 5.41) is 13.9. The molecule has 2 atom stereocenters. The number of amides is 1. The van der Waals surface area contributed by atoms with Crippen molar-refractivity contribution in [3.8, 4) is 0 Å². The van der Waals surface area contributed by atoms with Gasteiger partial charge in [-0.2, -0.15) is 0 Å². The lowest BCUT2D eigenvalue weighted by Crippen LogP contribution is -2.21. The van der Waals surface area contributed by atoms with Crippen molar-refractivity contribution in [2.24, 2.45) is 11.8 Å². The molecule has 0 spiro atoms. The molecule has 1 amide bonds. The zero-order valence-electron chi connectivity index (χ0n) is 8.55. The molecule has 0 saturated heterocycles. The lowest BCUT2D eigenvalue weighted by Gasteiger charge is -2.08. The maximum Gasteiger partial charge on any atom is 0.306 e. The molecule has 1 heterocycles. The summed E-state index contributed by atoms with van der Waals surface area (Å²) in [6.45, 7) is 0. The predicted molar refractivity (Wildman–Crippen MR) is 59.2 cm³/mol. The molecule has 86 valence electrons. The Hall–Kier alpha value is -1.43. The van der Waals surface area contributed by atoms with Crippen molar-refractivity contribution in [3.63, 3.8) is 0 Å². The quantitative estimate of drug-likeness (QED) is 0.840. The number of aromatic nitrogens is 1. The molecule has 16 heavy (non-hydrogen) atoms. The van der Waals surface area contributed by atoms with Crippen LogP contribution in [0, 0.1) is 11.8 Å². The number of carboxylic acid groups (broad SMARTS) is 1. The third-order valence-electron chi connectivity index (χ3n) is 2.82. The van der Waals surface area contributed by atoms with E-state index in [1.54, 1.807) is 11.6 Å². The van der Waals surface area contributed by atoms with Crippen LogP contribution in [-0.2, 0) is 9.59 Å². The van der Waals surface area contributed by atoms with Crippen molar-refractivity contribution in [3.05, 3.63) is 11.6 Å². The number of rotatable bonds is 3. The van der Waals surface area contributed by atoms with E-state index in [0.29, 0.717) is 24.4 Å². The SMILES string of the molecule is O=C(O)[C@H]1CC[C@@H](C(=O)Nc2nccs2)C1. The Kier molecular flexibility index (Phi) is 3.19. The van der Waals surface area contributed by atoms with E-state index in [1.165, 1.54) is 11.3 Å². The zero-order chi connectivity index (χ0) is 11.5. The van der Waals surface area contributed by atoms with Gasteiger partial charge in [0.25, 0.3) is 0 Å². The van der Waals surface area contributed by atoms with Gasteiger partial charge in [0.15, 0.2) is 5.13 Å². The lowest BCUT2D eigenvalue weighted by atomic mass is 10.0. The predicted octanol–water partition coefficient (Wildman–Crippen LogP) is 1.58. The maximum atomic E-state index is 11.7. The maximum absolute atomic E-state index is 11.7. The molecule has 6 heteroatoms. The Bertz CT molecular complexity index is 391. The van der Waals surface area contributed by atoms with E-state index in [0.717, 1.165) is 0 Å². The number of hydrogen-bond acceptors (Lipinski definition) is 4. The van der Waals surface area contributed by atoms with E-state index >= 15 is 0 Å². The van der Waals surface area contributed by atoms with Crippen LogP contribution in [0.1, 0.15) is 19.3 Å². The van der Waals surface area contributed by atoms with Gasteiger partial charge in [-0.15, -0.1) is 11.3 Å². The first-order chi connectivity index (χ1) is 7.66. The van der Waals surface area contributed by atoms with Crippen LogP contribution in [0.4, 0.5) is 5.13 Å². The molecule has 2 N–H and O–H groups in total. The molecule has 0 radical (unpaired) electrons. The Morgan fingerprint density at radius 2 is 2.19 bits per heavy atom. The molecular weight excluding hydrogens is 228 g/mol. The number of anilines is 1. The number of carbonyl (C=O) groups excluding carboxylic acids is 1. The van der Waals surface area contributed by atoms with Gasteiger partial charge in [0, 0.05) is 17.5 Å². The summed E-state index contributed by atoms with van der Waals surface area (Å²) in [4.78, 5) is 26.4. The number of aliphatic carboxylic acids is 1. The van der Waals surface area contributed by atoms with Crippen molar-refractivity contribution in [2.75, 3.05) is 5.32 Å². The summed E-state index contributed by atoms with van der Waals surface area (Å²) >= 11 is 1.36. The third kappa shape index (κ3) is 2.38. The number of nitrogens with one attached hydrogen (secondary N) is 1. The van der Waals surface area contributed by atoms with Gasteiger partial charge in [-0.3, -0.25) is 9.59 Å². The fourth-order valence-electron chi connectivity index (χ4n) is 1.94. The number of thiazole rings is 1.